The number of ether oxygens (including phenoxy) is 3. The van der Waals surface area contributed by atoms with Crippen molar-refractivity contribution in [1.82, 2.24) is 9.88 Å². The van der Waals surface area contributed by atoms with Crippen molar-refractivity contribution >= 4 is 16.8 Å². The summed E-state index contributed by atoms with van der Waals surface area (Å²) in [7, 11) is 1.61. The van der Waals surface area contributed by atoms with E-state index in [-0.39, 0.29) is 18.7 Å². The van der Waals surface area contributed by atoms with Crippen LogP contribution in [0.4, 0.5) is 0 Å². The number of aromatic nitrogens is 1. The van der Waals surface area contributed by atoms with Crippen LogP contribution in [0.1, 0.15) is 29.8 Å². The number of para-hydroxylation sites is 1. The summed E-state index contributed by atoms with van der Waals surface area (Å²) in [4.78, 5) is 17.9. The van der Waals surface area contributed by atoms with E-state index in [2.05, 4.69) is 17.1 Å². The van der Waals surface area contributed by atoms with Gasteiger partial charge in [0, 0.05) is 30.1 Å². The fourth-order valence-electron chi connectivity index (χ4n) is 4.23. The summed E-state index contributed by atoms with van der Waals surface area (Å²) in [5.41, 5.74) is 4.35. The molecule has 0 fully saturated rings. The lowest BCUT2D eigenvalue weighted by molar-refractivity contribution is -0.130. The number of hydrogen-bond acceptors (Lipinski definition) is 4. The molecule has 27 heavy (non-hydrogen) atoms. The van der Waals surface area contributed by atoms with Gasteiger partial charge >= 0.3 is 0 Å². The van der Waals surface area contributed by atoms with Gasteiger partial charge in [0.15, 0.2) is 11.5 Å². The first-order chi connectivity index (χ1) is 13.2. The zero-order valence-corrected chi connectivity index (χ0v) is 15.2. The molecule has 1 N–H and O–H groups in total. The van der Waals surface area contributed by atoms with E-state index in [1.54, 1.807) is 14.0 Å². The van der Waals surface area contributed by atoms with Crippen molar-refractivity contribution in [3.05, 3.63) is 53.2 Å². The Bertz CT molecular complexity index is 1060. The highest BCUT2D eigenvalue weighted by Crippen LogP contribution is 2.46. The Morgan fingerprint density at radius 2 is 2.11 bits per heavy atom. The summed E-state index contributed by atoms with van der Waals surface area (Å²) in [6.07, 6.45) is 0.830. The lowest BCUT2D eigenvalue weighted by Gasteiger charge is -2.35. The number of rotatable bonds is 2. The smallest absolute Gasteiger partial charge is 0.231 e. The van der Waals surface area contributed by atoms with Crippen molar-refractivity contribution < 1.29 is 19.0 Å². The van der Waals surface area contributed by atoms with Gasteiger partial charge in [-0.2, -0.15) is 0 Å². The number of fused-ring (bicyclic) bond motifs is 4. The van der Waals surface area contributed by atoms with Crippen LogP contribution in [0.3, 0.4) is 0 Å². The van der Waals surface area contributed by atoms with Crippen LogP contribution in [-0.2, 0) is 11.2 Å². The molecule has 6 nitrogen and oxygen atoms in total. The maximum absolute atomic E-state index is 12.4. The lowest BCUT2D eigenvalue weighted by atomic mass is 9.92. The summed E-state index contributed by atoms with van der Waals surface area (Å²) >= 11 is 0. The molecule has 2 aliphatic rings. The molecule has 6 heteroatoms. The minimum absolute atomic E-state index is 0.0425. The van der Waals surface area contributed by atoms with Gasteiger partial charge in [0.2, 0.25) is 18.4 Å². The fourth-order valence-corrected chi connectivity index (χ4v) is 4.23. The van der Waals surface area contributed by atoms with Crippen molar-refractivity contribution in [1.29, 1.82) is 0 Å². The summed E-state index contributed by atoms with van der Waals surface area (Å²) in [5.74, 6) is 1.92. The van der Waals surface area contributed by atoms with E-state index >= 15 is 0 Å². The maximum atomic E-state index is 12.4. The highest BCUT2D eigenvalue weighted by molar-refractivity contribution is 5.86. The van der Waals surface area contributed by atoms with E-state index in [1.165, 1.54) is 10.9 Å². The fraction of sp³-hybridized carbons (Fsp3) is 0.286. The van der Waals surface area contributed by atoms with Crippen LogP contribution in [-0.4, -0.2) is 36.2 Å². The predicted molar refractivity (Wildman–Crippen MR) is 100 cm³/mol. The quantitative estimate of drug-likeness (QED) is 0.757. The zero-order chi connectivity index (χ0) is 18.5. The Kier molecular flexibility index (Phi) is 3.53. The highest BCUT2D eigenvalue weighted by Gasteiger charge is 2.35. The van der Waals surface area contributed by atoms with Gasteiger partial charge in [0.25, 0.3) is 0 Å². The second kappa shape index (κ2) is 5.94. The summed E-state index contributed by atoms with van der Waals surface area (Å²) < 4.78 is 16.6. The first-order valence-corrected chi connectivity index (χ1v) is 9.01. The average Bonchev–Trinajstić information content (AvgIpc) is 3.30. The minimum atomic E-state index is -0.220. The molecule has 5 rings (SSSR count). The van der Waals surface area contributed by atoms with Crippen LogP contribution in [0, 0.1) is 0 Å². The third kappa shape index (κ3) is 2.36. The number of carbonyl (C=O) groups is 1. The Labute approximate surface area is 156 Å². The second-order valence-electron chi connectivity index (χ2n) is 6.88. The Hall–Kier alpha value is -3.15. The van der Waals surface area contributed by atoms with Gasteiger partial charge in [0.1, 0.15) is 0 Å². The normalized spacial score (nSPS) is 17.9. The zero-order valence-electron chi connectivity index (χ0n) is 15.2. The molecule has 1 aromatic heterocycles. The summed E-state index contributed by atoms with van der Waals surface area (Å²) in [6, 6.07) is 11.9. The van der Waals surface area contributed by atoms with Crippen molar-refractivity contribution in [2.75, 3.05) is 20.4 Å². The SMILES string of the molecule is COc1cc([C@H]2c3[nH]c4ccccc4c3CCN2C(C)=O)cc2c1OCO2. The number of hydrogen-bond donors (Lipinski definition) is 1. The molecule has 138 valence electrons. The highest BCUT2D eigenvalue weighted by atomic mass is 16.7. The van der Waals surface area contributed by atoms with Gasteiger partial charge < -0.3 is 24.1 Å². The molecule has 2 aromatic carbocycles. The lowest BCUT2D eigenvalue weighted by Crippen LogP contribution is -2.39. The number of carbonyl (C=O) groups excluding carboxylic acids is 1. The van der Waals surface area contributed by atoms with Crippen molar-refractivity contribution in [2.24, 2.45) is 0 Å². The average molecular weight is 364 g/mol. The molecule has 3 aromatic rings. The van der Waals surface area contributed by atoms with Crippen LogP contribution in [0.2, 0.25) is 0 Å². The van der Waals surface area contributed by atoms with Gasteiger partial charge in [-0.05, 0) is 35.7 Å². The molecule has 0 unspecified atom stereocenters. The molecule has 0 aliphatic carbocycles. The summed E-state index contributed by atoms with van der Waals surface area (Å²) in [6.45, 7) is 2.46. The van der Waals surface area contributed by atoms with E-state index in [0.717, 1.165) is 23.2 Å². The van der Waals surface area contributed by atoms with E-state index in [1.807, 2.05) is 29.2 Å². The molecule has 2 aliphatic heterocycles. The van der Waals surface area contributed by atoms with Crippen LogP contribution in [0.15, 0.2) is 36.4 Å². The Morgan fingerprint density at radius 1 is 1.26 bits per heavy atom. The standard InChI is InChI=1S/C21H20N2O4/c1-12(24)23-8-7-15-14-5-3-4-6-16(14)22-19(15)20(23)13-9-17(25-2)21-18(10-13)26-11-27-21/h3-6,9-10,20,22H,7-8,11H2,1-2H3/t20-/m0/s1. The molecule has 0 saturated carbocycles. The number of benzene rings is 2. The first-order valence-electron chi connectivity index (χ1n) is 9.01. The molecule has 0 bridgehead atoms. The van der Waals surface area contributed by atoms with E-state index in [4.69, 9.17) is 14.2 Å². The number of H-pyrrole nitrogens is 1. The van der Waals surface area contributed by atoms with Crippen LogP contribution in [0.5, 0.6) is 17.2 Å². The van der Waals surface area contributed by atoms with Gasteiger partial charge in [-0.25, -0.2) is 0 Å². The van der Waals surface area contributed by atoms with Crippen molar-refractivity contribution in [2.45, 2.75) is 19.4 Å². The number of amides is 1. The van der Waals surface area contributed by atoms with Gasteiger partial charge in [-0.1, -0.05) is 18.2 Å². The van der Waals surface area contributed by atoms with E-state index in [0.29, 0.717) is 23.8 Å². The molecule has 0 radical (unpaired) electrons. The number of aromatic amines is 1. The van der Waals surface area contributed by atoms with Crippen LogP contribution in [0.25, 0.3) is 10.9 Å². The van der Waals surface area contributed by atoms with Crippen molar-refractivity contribution in [3.8, 4) is 17.2 Å². The van der Waals surface area contributed by atoms with Crippen LogP contribution < -0.4 is 14.2 Å². The molecule has 3 heterocycles. The number of nitrogens with zero attached hydrogens (tertiary/aromatic N) is 1. The van der Waals surface area contributed by atoms with Gasteiger partial charge in [0.05, 0.1) is 13.2 Å². The van der Waals surface area contributed by atoms with Gasteiger partial charge in [-0.15, -0.1) is 0 Å². The molecular weight excluding hydrogens is 344 g/mol. The number of nitrogens with one attached hydrogen (secondary N) is 1. The van der Waals surface area contributed by atoms with E-state index in [9.17, 15) is 4.79 Å². The third-order valence-electron chi connectivity index (χ3n) is 5.44. The maximum Gasteiger partial charge on any atom is 0.231 e. The molecule has 0 saturated heterocycles. The molecular formula is C21H20N2O4. The Morgan fingerprint density at radius 3 is 2.93 bits per heavy atom. The molecule has 0 spiro atoms. The Balaban J connectivity index is 1.73. The first kappa shape index (κ1) is 16.1. The largest absolute Gasteiger partial charge is 0.493 e. The predicted octanol–water partition coefficient (Wildman–Crippen LogP) is 3.40. The monoisotopic (exact) mass is 364 g/mol. The van der Waals surface area contributed by atoms with Crippen molar-refractivity contribution in [3.63, 3.8) is 0 Å². The van der Waals surface area contributed by atoms with Crippen LogP contribution >= 0.6 is 0 Å². The summed E-state index contributed by atoms with van der Waals surface area (Å²) in [5, 5.41) is 1.22. The molecule has 1 amide bonds. The number of methoxy groups -OCH3 is 1. The van der Waals surface area contributed by atoms with Gasteiger partial charge in [-0.3, -0.25) is 4.79 Å². The molecule has 1 atom stereocenters. The third-order valence-corrected chi connectivity index (χ3v) is 5.44. The minimum Gasteiger partial charge on any atom is -0.493 e. The topological polar surface area (TPSA) is 63.8 Å². The second-order valence-corrected chi connectivity index (χ2v) is 6.88. The van der Waals surface area contributed by atoms with E-state index < -0.39 is 0 Å².